The van der Waals surface area contributed by atoms with E-state index in [0.29, 0.717) is 34.5 Å². The molecule has 3 rings (SSSR count). The van der Waals surface area contributed by atoms with Crippen LogP contribution < -0.4 is 14.4 Å². The maximum absolute atomic E-state index is 13.1. The lowest BCUT2D eigenvalue weighted by Gasteiger charge is -2.18. The number of rotatable bonds is 7. The van der Waals surface area contributed by atoms with Gasteiger partial charge in [-0.25, -0.2) is 4.99 Å². The van der Waals surface area contributed by atoms with Crippen LogP contribution in [0.3, 0.4) is 0 Å². The Kier molecular flexibility index (Phi) is 6.73. The van der Waals surface area contributed by atoms with Crippen molar-refractivity contribution in [3.8, 4) is 11.5 Å². The topological polar surface area (TPSA) is 71.4 Å². The van der Waals surface area contributed by atoms with Gasteiger partial charge in [0.25, 0.3) is 5.91 Å². The summed E-state index contributed by atoms with van der Waals surface area (Å²) in [5, 5.41) is 9.65. The van der Waals surface area contributed by atoms with Crippen molar-refractivity contribution in [1.82, 2.24) is 0 Å². The number of benzene rings is 2. The maximum atomic E-state index is 13.1. The van der Waals surface area contributed by atoms with Gasteiger partial charge in [-0.05, 0) is 42.3 Å². The van der Waals surface area contributed by atoms with E-state index >= 15 is 0 Å². The number of hydrogen-bond donors (Lipinski definition) is 1. The van der Waals surface area contributed by atoms with Gasteiger partial charge in [-0.2, -0.15) is 0 Å². The summed E-state index contributed by atoms with van der Waals surface area (Å²) >= 11 is 1.44. The number of aliphatic hydroxyl groups excluding tert-OH is 1. The van der Waals surface area contributed by atoms with Gasteiger partial charge in [0.1, 0.15) is 17.2 Å². The summed E-state index contributed by atoms with van der Waals surface area (Å²) in [6, 6.07) is 14.7. The number of thioether (sulfide) groups is 1. The summed E-state index contributed by atoms with van der Waals surface area (Å²) in [6.45, 7) is 0.0991. The summed E-state index contributed by atoms with van der Waals surface area (Å²) < 4.78 is 10.5. The Hall–Kier alpha value is -2.77. The van der Waals surface area contributed by atoms with Crippen LogP contribution in [0.25, 0.3) is 6.08 Å². The molecule has 28 heavy (non-hydrogen) atoms. The summed E-state index contributed by atoms with van der Waals surface area (Å²) in [5.74, 6) is 1.88. The van der Waals surface area contributed by atoms with Gasteiger partial charge in [0.15, 0.2) is 5.17 Å². The molecule has 1 heterocycles. The van der Waals surface area contributed by atoms with Crippen LogP contribution in [-0.2, 0) is 4.79 Å². The molecule has 0 aromatic heterocycles. The number of amidine groups is 1. The number of hydrogen-bond acceptors (Lipinski definition) is 6. The van der Waals surface area contributed by atoms with E-state index in [-0.39, 0.29) is 12.5 Å². The Balaban J connectivity index is 1.93. The van der Waals surface area contributed by atoms with Crippen molar-refractivity contribution in [3.63, 3.8) is 0 Å². The highest BCUT2D eigenvalue weighted by Gasteiger charge is 2.32. The van der Waals surface area contributed by atoms with E-state index in [4.69, 9.17) is 14.6 Å². The second-order valence-corrected chi connectivity index (χ2v) is 7.03. The first-order valence-electron chi connectivity index (χ1n) is 8.83. The van der Waals surface area contributed by atoms with Crippen LogP contribution in [-0.4, -0.2) is 42.8 Å². The molecular formula is C21H22N2O4S. The van der Waals surface area contributed by atoms with E-state index in [9.17, 15) is 4.79 Å². The van der Waals surface area contributed by atoms with Gasteiger partial charge in [-0.15, -0.1) is 0 Å². The minimum absolute atomic E-state index is 0.0991. The molecule has 7 heteroatoms. The van der Waals surface area contributed by atoms with Gasteiger partial charge in [-0.1, -0.05) is 30.0 Å². The molecule has 2 aromatic rings. The molecule has 0 saturated heterocycles. The van der Waals surface area contributed by atoms with Crippen molar-refractivity contribution in [1.29, 1.82) is 0 Å². The van der Waals surface area contributed by atoms with Gasteiger partial charge < -0.3 is 14.6 Å². The number of ether oxygens (including phenoxy) is 2. The van der Waals surface area contributed by atoms with E-state index in [0.717, 1.165) is 11.3 Å². The smallest absolute Gasteiger partial charge is 0.283 e. The van der Waals surface area contributed by atoms with E-state index in [2.05, 4.69) is 4.99 Å². The SMILES string of the molecule is COc1ccc(/C=C2/N=C(SCCCO)N(c3cccc(OC)c3)C2=O)cc1. The molecule has 1 N–H and O–H groups in total. The van der Waals surface area contributed by atoms with E-state index in [1.54, 1.807) is 31.3 Å². The molecule has 0 unspecified atom stereocenters. The molecule has 0 spiro atoms. The van der Waals surface area contributed by atoms with Crippen molar-refractivity contribution in [2.75, 3.05) is 31.5 Å². The zero-order valence-electron chi connectivity index (χ0n) is 15.8. The van der Waals surface area contributed by atoms with Crippen LogP contribution in [0, 0.1) is 0 Å². The lowest BCUT2D eigenvalue weighted by atomic mass is 10.2. The summed E-state index contributed by atoms with van der Waals surface area (Å²) in [6.07, 6.45) is 2.38. The number of anilines is 1. The molecule has 0 radical (unpaired) electrons. The first-order chi connectivity index (χ1) is 13.7. The number of nitrogens with zero attached hydrogens (tertiary/aromatic N) is 2. The highest BCUT2D eigenvalue weighted by molar-refractivity contribution is 8.14. The molecule has 2 aromatic carbocycles. The molecule has 1 aliphatic heterocycles. The monoisotopic (exact) mass is 398 g/mol. The lowest BCUT2D eigenvalue weighted by Crippen LogP contribution is -2.30. The normalized spacial score (nSPS) is 15.1. The van der Waals surface area contributed by atoms with Crippen LogP contribution in [0.15, 0.2) is 59.2 Å². The molecule has 0 saturated carbocycles. The van der Waals surface area contributed by atoms with Crippen LogP contribution in [0.4, 0.5) is 5.69 Å². The molecule has 0 aliphatic carbocycles. The Bertz CT molecular complexity index is 894. The number of carbonyl (C=O) groups is 1. The number of aliphatic hydroxyl groups is 1. The van der Waals surface area contributed by atoms with Crippen LogP contribution in [0.2, 0.25) is 0 Å². The third-order valence-electron chi connectivity index (χ3n) is 4.09. The van der Waals surface area contributed by atoms with E-state index in [1.807, 2.05) is 42.5 Å². The Labute approximate surface area is 168 Å². The number of methoxy groups -OCH3 is 2. The minimum Gasteiger partial charge on any atom is -0.497 e. The summed E-state index contributed by atoms with van der Waals surface area (Å²) in [7, 11) is 3.20. The van der Waals surface area contributed by atoms with Gasteiger partial charge >= 0.3 is 0 Å². The third kappa shape index (κ3) is 4.55. The predicted molar refractivity (Wildman–Crippen MR) is 113 cm³/mol. The molecular weight excluding hydrogens is 376 g/mol. The largest absolute Gasteiger partial charge is 0.497 e. The zero-order valence-corrected chi connectivity index (χ0v) is 16.6. The van der Waals surface area contributed by atoms with Gasteiger partial charge in [0.05, 0.1) is 19.9 Å². The van der Waals surface area contributed by atoms with Gasteiger partial charge in [-0.3, -0.25) is 9.69 Å². The Morgan fingerprint density at radius 3 is 2.54 bits per heavy atom. The van der Waals surface area contributed by atoms with Crippen LogP contribution >= 0.6 is 11.8 Å². The fraction of sp³-hybridized carbons (Fsp3) is 0.238. The standard InChI is InChI=1S/C21H22N2O4S/c1-26-17-9-7-15(8-10-17)13-19-20(25)23(21(22-19)28-12-4-11-24)16-5-3-6-18(14-16)27-2/h3,5-10,13-14,24H,4,11-12H2,1-2H3/b19-13+. The van der Waals surface area contributed by atoms with Crippen molar-refractivity contribution in [3.05, 3.63) is 59.8 Å². The zero-order chi connectivity index (χ0) is 19.9. The first-order valence-corrected chi connectivity index (χ1v) is 9.81. The number of carbonyl (C=O) groups excluding carboxylic acids is 1. The fourth-order valence-corrected chi connectivity index (χ4v) is 3.59. The minimum atomic E-state index is -0.199. The Morgan fingerprint density at radius 2 is 1.86 bits per heavy atom. The van der Waals surface area contributed by atoms with Crippen molar-refractivity contribution in [2.24, 2.45) is 4.99 Å². The first kappa shape index (κ1) is 20.0. The quantitative estimate of drug-likeness (QED) is 0.570. The molecule has 0 fully saturated rings. The van der Waals surface area contributed by atoms with Gasteiger partial charge in [0.2, 0.25) is 0 Å². The van der Waals surface area contributed by atoms with Crippen molar-refractivity contribution < 1.29 is 19.4 Å². The number of amides is 1. The number of aliphatic imine (C=N–C) groups is 1. The third-order valence-corrected chi connectivity index (χ3v) is 5.12. The van der Waals surface area contributed by atoms with Crippen molar-refractivity contribution >= 4 is 34.6 Å². The van der Waals surface area contributed by atoms with Crippen LogP contribution in [0.5, 0.6) is 11.5 Å². The second-order valence-electron chi connectivity index (χ2n) is 5.96. The maximum Gasteiger partial charge on any atom is 0.283 e. The van der Waals surface area contributed by atoms with E-state index < -0.39 is 0 Å². The molecule has 0 atom stereocenters. The average molecular weight is 398 g/mol. The highest BCUT2D eigenvalue weighted by Crippen LogP contribution is 2.31. The predicted octanol–water partition coefficient (Wildman–Crippen LogP) is 3.56. The molecule has 1 amide bonds. The molecule has 146 valence electrons. The summed E-state index contributed by atoms with van der Waals surface area (Å²) in [5.41, 5.74) is 1.91. The molecule has 0 bridgehead atoms. The van der Waals surface area contributed by atoms with Crippen LogP contribution in [0.1, 0.15) is 12.0 Å². The van der Waals surface area contributed by atoms with Crippen molar-refractivity contribution in [2.45, 2.75) is 6.42 Å². The molecule has 6 nitrogen and oxygen atoms in total. The second kappa shape index (κ2) is 9.43. The summed E-state index contributed by atoms with van der Waals surface area (Å²) in [4.78, 5) is 19.2. The average Bonchev–Trinajstić information content (AvgIpc) is 3.04. The highest BCUT2D eigenvalue weighted by atomic mass is 32.2. The fourth-order valence-electron chi connectivity index (χ4n) is 2.66. The van der Waals surface area contributed by atoms with E-state index in [1.165, 1.54) is 11.8 Å². The van der Waals surface area contributed by atoms with Gasteiger partial charge in [0, 0.05) is 18.4 Å². The Morgan fingerprint density at radius 1 is 1.11 bits per heavy atom. The molecule has 1 aliphatic rings. The lowest BCUT2D eigenvalue weighted by molar-refractivity contribution is -0.113.